The highest BCUT2D eigenvalue weighted by atomic mass is 19.1. The van der Waals surface area contributed by atoms with E-state index in [1.54, 1.807) is 0 Å². The summed E-state index contributed by atoms with van der Waals surface area (Å²) in [7, 11) is 0. The minimum atomic E-state index is -1.12. The molecule has 0 saturated heterocycles. The van der Waals surface area contributed by atoms with Gasteiger partial charge >= 0.3 is 5.97 Å². The van der Waals surface area contributed by atoms with E-state index in [1.165, 1.54) is 0 Å². The number of aromatic nitrogens is 1. The van der Waals surface area contributed by atoms with Crippen molar-refractivity contribution in [2.75, 3.05) is 0 Å². The standard InChI is InChI=1S/C17H13F2NO2/c18-11-8-13-12(6-7-15(21)22)16(10-4-2-1-3-5-10)20-17(13)14(19)9-11/h1-5,8-9,20H,6-7H2,(H,21,22)/i2D,3D,4D,5D. The summed E-state index contributed by atoms with van der Waals surface area (Å²) in [5.41, 5.74) is 0.0950. The highest BCUT2D eigenvalue weighted by Gasteiger charge is 2.17. The van der Waals surface area contributed by atoms with Crippen molar-refractivity contribution in [1.29, 1.82) is 0 Å². The monoisotopic (exact) mass is 305 g/mol. The van der Waals surface area contributed by atoms with Gasteiger partial charge in [0, 0.05) is 23.6 Å². The molecule has 0 unspecified atom stereocenters. The molecule has 0 aliphatic rings. The molecule has 5 heteroatoms. The molecule has 1 heterocycles. The zero-order chi connectivity index (χ0) is 19.2. The normalized spacial score (nSPS) is 13.5. The molecule has 112 valence electrons. The summed E-state index contributed by atoms with van der Waals surface area (Å²) in [6.07, 6.45) is -0.422. The van der Waals surface area contributed by atoms with Crippen LogP contribution >= 0.6 is 0 Å². The highest BCUT2D eigenvalue weighted by Crippen LogP contribution is 2.33. The van der Waals surface area contributed by atoms with E-state index in [9.17, 15) is 13.6 Å². The predicted molar refractivity (Wildman–Crippen MR) is 79.6 cm³/mol. The second kappa shape index (κ2) is 5.60. The van der Waals surface area contributed by atoms with E-state index < -0.39 is 17.6 Å². The van der Waals surface area contributed by atoms with Crippen LogP contribution in [0.5, 0.6) is 0 Å². The number of aromatic amines is 1. The molecular formula is C17H13F2NO2. The van der Waals surface area contributed by atoms with Gasteiger partial charge in [-0.05, 0) is 23.6 Å². The van der Waals surface area contributed by atoms with Gasteiger partial charge in [-0.2, -0.15) is 0 Å². The van der Waals surface area contributed by atoms with Gasteiger partial charge in [-0.25, -0.2) is 8.78 Å². The van der Waals surface area contributed by atoms with E-state index >= 15 is 0 Å². The molecule has 0 amide bonds. The number of aliphatic carboxylic acids is 1. The third-order valence-electron chi connectivity index (χ3n) is 3.31. The Morgan fingerprint density at radius 2 is 2.00 bits per heavy atom. The predicted octanol–water partition coefficient (Wildman–Crippen LogP) is 4.13. The van der Waals surface area contributed by atoms with E-state index in [0.29, 0.717) is 6.07 Å². The molecule has 0 fully saturated rings. The van der Waals surface area contributed by atoms with Crippen LogP contribution in [0.2, 0.25) is 0 Å². The maximum absolute atomic E-state index is 14.2. The molecule has 2 N–H and O–H groups in total. The minimum absolute atomic E-state index is 0.0587. The first-order valence-electron chi connectivity index (χ1n) is 8.49. The summed E-state index contributed by atoms with van der Waals surface area (Å²) < 4.78 is 59.5. The largest absolute Gasteiger partial charge is 0.481 e. The Morgan fingerprint density at radius 3 is 2.68 bits per heavy atom. The van der Waals surface area contributed by atoms with Gasteiger partial charge in [-0.3, -0.25) is 4.79 Å². The molecule has 0 radical (unpaired) electrons. The lowest BCUT2D eigenvalue weighted by molar-refractivity contribution is -0.136. The fourth-order valence-electron chi connectivity index (χ4n) is 2.39. The minimum Gasteiger partial charge on any atom is -0.481 e. The topological polar surface area (TPSA) is 53.1 Å². The fourth-order valence-corrected chi connectivity index (χ4v) is 2.39. The van der Waals surface area contributed by atoms with Crippen LogP contribution < -0.4 is 0 Å². The van der Waals surface area contributed by atoms with Crippen molar-refractivity contribution in [2.24, 2.45) is 0 Å². The molecule has 22 heavy (non-hydrogen) atoms. The van der Waals surface area contributed by atoms with Crippen LogP contribution in [-0.4, -0.2) is 16.1 Å². The fraction of sp³-hybridized carbons (Fsp3) is 0.118. The van der Waals surface area contributed by atoms with E-state index in [2.05, 4.69) is 4.98 Å². The lowest BCUT2D eigenvalue weighted by Gasteiger charge is -2.04. The van der Waals surface area contributed by atoms with Gasteiger partial charge < -0.3 is 10.1 Å². The lowest BCUT2D eigenvalue weighted by atomic mass is 10.0. The zero-order valence-electron chi connectivity index (χ0n) is 15.3. The van der Waals surface area contributed by atoms with Gasteiger partial charge in [0.25, 0.3) is 0 Å². The quantitative estimate of drug-likeness (QED) is 0.761. The summed E-state index contributed by atoms with van der Waals surface area (Å²) in [5, 5.41) is 9.07. The van der Waals surface area contributed by atoms with Crippen LogP contribution in [0.15, 0.2) is 42.4 Å². The van der Waals surface area contributed by atoms with E-state index in [4.69, 9.17) is 10.6 Å². The number of carbonyl (C=O) groups is 1. The number of carboxylic acids is 1. The number of H-pyrrole nitrogens is 1. The number of carboxylic acid groups (broad SMARTS) is 1. The Labute approximate surface area is 130 Å². The second-order valence-corrected chi connectivity index (χ2v) is 4.74. The van der Waals surface area contributed by atoms with Gasteiger partial charge in [0.1, 0.15) is 11.6 Å². The van der Waals surface area contributed by atoms with Crippen molar-refractivity contribution in [1.82, 2.24) is 4.98 Å². The van der Waals surface area contributed by atoms with Gasteiger partial charge in [0.15, 0.2) is 0 Å². The summed E-state index contributed by atoms with van der Waals surface area (Å²) >= 11 is 0. The molecule has 1 aromatic heterocycles. The van der Waals surface area contributed by atoms with Crippen molar-refractivity contribution in [2.45, 2.75) is 12.8 Å². The van der Waals surface area contributed by atoms with Gasteiger partial charge in [-0.15, -0.1) is 0 Å². The number of aryl methyl sites for hydroxylation is 1. The van der Waals surface area contributed by atoms with Gasteiger partial charge in [-0.1, -0.05) is 30.2 Å². The second-order valence-electron chi connectivity index (χ2n) is 4.74. The molecular weight excluding hydrogens is 288 g/mol. The van der Waals surface area contributed by atoms with E-state index in [1.807, 2.05) is 0 Å². The molecule has 0 spiro atoms. The van der Waals surface area contributed by atoms with Crippen molar-refractivity contribution < 1.29 is 24.2 Å². The third kappa shape index (κ3) is 2.57. The van der Waals surface area contributed by atoms with Crippen LogP contribution in [0.3, 0.4) is 0 Å². The SMILES string of the molecule is [2H]c1cc([2H])c([2H])c(-c2[nH]c3c(F)cc(F)cc3c2CCC(=O)O)c1[2H]. The number of hydrogen-bond acceptors (Lipinski definition) is 1. The molecule has 0 saturated carbocycles. The Hall–Kier alpha value is -2.69. The summed E-state index contributed by atoms with van der Waals surface area (Å²) in [5.74, 6) is -2.85. The molecule has 0 atom stereocenters. The summed E-state index contributed by atoms with van der Waals surface area (Å²) in [4.78, 5) is 13.7. The van der Waals surface area contributed by atoms with Crippen LogP contribution in [0, 0.1) is 11.6 Å². The van der Waals surface area contributed by atoms with E-state index in [0.717, 1.165) is 12.1 Å². The van der Waals surface area contributed by atoms with Gasteiger partial charge in [0.2, 0.25) is 0 Å². The van der Waals surface area contributed by atoms with Crippen molar-refractivity contribution >= 4 is 16.9 Å². The maximum atomic E-state index is 14.2. The first-order chi connectivity index (χ1) is 12.2. The van der Waals surface area contributed by atoms with Crippen molar-refractivity contribution in [3.05, 3.63) is 59.6 Å². The molecule has 0 aliphatic heterocycles. The van der Waals surface area contributed by atoms with Gasteiger partial charge in [0.05, 0.1) is 11.0 Å². The number of benzene rings is 2. The molecule has 3 aromatic rings. The molecule has 2 aromatic carbocycles. The molecule has 0 aliphatic carbocycles. The Kier molecular flexibility index (Phi) is 2.57. The van der Waals surface area contributed by atoms with Crippen LogP contribution in [0.4, 0.5) is 8.78 Å². The zero-order valence-corrected chi connectivity index (χ0v) is 11.3. The number of fused-ring (bicyclic) bond motifs is 1. The molecule has 0 bridgehead atoms. The van der Waals surface area contributed by atoms with Crippen LogP contribution in [-0.2, 0) is 11.2 Å². The summed E-state index contributed by atoms with van der Waals surface area (Å²) in [6, 6.07) is 1.48. The van der Waals surface area contributed by atoms with Crippen LogP contribution in [0.1, 0.15) is 17.5 Å². The number of halogens is 2. The maximum Gasteiger partial charge on any atom is 0.303 e. The lowest BCUT2D eigenvalue weighted by Crippen LogP contribution is -1.98. The molecule has 3 rings (SSSR count). The Bertz CT molecular complexity index is 1020. The average Bonchev–Trinajstić information content (AvgIpc) is 2.90. The number of nitrogens with one attached hydrogen (secondary N) is 1. The Balaban J connectivity index is 2.38. The van der Waals surface area contributed by atoms with Crippen molar-refractivity contribution in [3.8, 4) is 11.3 Å². The third-order valence-corrected chi connectivity index (χ3v) is 3.31. The molecule has 3 nitrogen and oxygen atoms in total. The highest BCUT2D eigenvalue weighted by molar-refractivity contribution is 5.91. The first-order valence-corrected chi connectivity index (χ1v) is 6.49. The van der Waals surface area contributed by atoms with Crippen LogP contribution in [0.25, 0.3) is 22.2 Å². The average molecular weight is 305 g/mol. The van der Waals surface area contributed by atoms with E-state index in [-0.39, 0.29) is 64.7 Å². The van der Waals surface area contributed by atoms with Crippen molar-refractivity contribution in [3.63, 3.8) is 0 Å². The first kappa shape index (κ1) is 10.1. The number of hydrogen-bond donors (Lipinski definition) is 2. The Morgan fingerprint density at radius 1 is 1.27 bits per heavy atom. The number of rotatable bonds is 4. The smallest absolute Gasteiger partial charge is 0.303 e. The summed E-state index contributed by atoms with van der Waals surface area (Å²) in [6.45, 7) is 0.